The Morgan fingerprint density at radius 2 is 1.09 bits per heavy atom. The fourth-order valence-electron chi connectivity index (χ4n) is 6.96. The highest BCUT2D eigenvalue weighted by atomic mass is 32.2. The smallest absolute Gasteiger partial charge is 0.326 e. The van der Waals surface area contributed by atoms with Gasteiger partial charge >= 0.3 is 5.97 Å². The van der Waals surface area contributed by atoms with Crippen LogP contribution >= 0.6 is 11.8 Å². The third-order valence-electron chi connectivity index (χ3n) is 10.8. The SMILES string of the molecule is CSCC[C@H](NC(=O)[C@H](Cc1ccc(O)cc1)NC(=O)[C@@H](N)CCCN=C(N)N)C(=O)N[C@@H](CC(N)=O)C(=O)N[C@@H](CO)C(=O)N[C@@H](CCC(N)=O)C(=O)NCC(=O)N[C@@H](CC(C)C)C(=O)N[C@@H](CC(C)C)C(=O)O. The summed E-state index contributed by atoms with van der Waals surface area (Å²) in [5.74, 6) is -11.2. The van der Waals surface area contributed by atoms with Crippen LogP contribution in [0, 0.1) is 11.8 Å². The highest BCUT2D eigenvalue weighted by Crippen LogP contribution is 2.14. The maximum atomic E-state index is 13.9. The second kappa shape index (κ2) is 34.3. The lowest BCUT2D eigenvalue weighted by Gasteiger charge is -2.27. The lowest BCUT2D eigenvalue weighted by atomic mass is 10.0. The predicted octanol–water partition coefficient (Wildman–Crippen LogP) is -5.11. The number of amides is 10. The second-order valence-electron chi connectivity index (χ2n) is 18.4. The molecular weight excluding hydrogens is 1000 g/mol. The first-order chi connectivity index (χ1) is 35.2. The number of carboxylic acids is 1. The number of hydrogen-bond acceptors (Lipinski definition) is 16. The minimum Gasteiger partial charge on any atom is -0.508 e. The van der Waals surface area contributed by atoms with Gasteiger partial charge in [0.25, 0.3) is 0 Å². The van der Waals surface area contributed by atoms with Crippen LogP contribution in [0.2, 0.25) is 0 Å². The first-order valence-corrected chi connectivity index (χ1v) is 25.4. The number of guanidine groups is 1. The number of aromatic hydroxyl groups is 1. The summed E-state index contributed by atoms with van der Waals surface area (Å²) in [6.45, 7) is 5.34. The fraction of sp³-hybridized carbons (Fsp3) is 0.609. The molecule has 1 rings (SSSR count). The summed E-state index contributed by atoms with van der Waals surface area (Å²) in [7, 11) is 0. The Labute approximate surface area is 438 Å². The van der Waals surface area contributed by atoms with Crippen molar-refractivity contribution in [1.29, 1.82) is 0 Å². The summed E-state index contributed by atoms with van der Waals surface area (Å²) >= 11 is 1.29. The Bertz CT molecular complexity index is 2140. The molecule has 0 aliphatic heterocycles. The number of nitrogens with zero attached hydrogens (tertiary/aromatic N) is 1. The molecule has 0 aliphatic carbocycles. The minimum absolute atomic E-state index is 0.0502. The molecule has 21 N–H and O–H groups in total. The first-order valence-electron chi connectivity index (χ1n) is 24.0. The number of phenols is 1. The summed E-state index contributed by atoms with van der Waals surface area (Å²) in [4.78, 5) is 147. The molecule has 29 heteroatoms. The molecule has 0 aliphatic rings. The van der Waals surface area contributed by atoms with Crippen molar-refractivity contribution in [3.63, 3.8) is 0 Å². The lowest BCUT2D eigenvalue weighted by molar-refractivity contribution is -0.142. The topological polar surface area (TPSA) is 487 Å². The summed E-state index contributed by atoms with van der Waals surface area (Å²) in [6.07, 6.45) is 0.411. The zero-order valence-corrected chi connectivity index (χ0v) is 43.7. The van der Waals surface area contributed by atoms with Crippen LogP contribution in [-0.4, -0.2) is 166 Å². The number of aliphatic imine (C=N–C) groups is 1. The van der Waals surface area contributed by atoms with Crippen molar-refractivity contribution in [2.45, 2.75) is 134 Å². The van der Waals surface area contributed by atoms with Crippen LogP contribution in [0.5, 0.6) is 5.75 Å². The molecule has 1 aromatic rings. The molecule has 0 saturated heterocycles. The van der Waals surface area contributed by atoms with Gasteiger partial charge in [0, 0.05) is 19.4 Å². The number of carboxylic acid groups (broad SMARTS) is 1. The Balaban J connectivity index is 3.28. The minimum atomic E-state index is -1.88. The van der Waals surface area contributed by atoms with Crippen molar-refractivity contribution in [3.8, 4) is 5.75 Å². The number of thioether (sulfide) groups is 1. The average Bonchev–Trinajstić information content (AvgIpc) is 3.32. The summed E-state index contributed by atoms with van der Waals surface area (Å²) in [5.41, 5.74) is 28.0. The van der Waals surface area contributed by atoms with Crippen LogP contribution in [0.4, 0.5) is 0 Å². The van der Waals surface area contributed by atoms with Gasteiger partial charge in [0.2, 0.25) is 59.1 Å². The third kappa shape index (κ3) is 27.0. The standard InChI is InChI=1S/C46H76N14O14S/c1-23(2)17-30(41(69)59-33(45(73)74)18-24(3)4)54-37(65)21-53-39(67)28(12-13-35(48)63)55-44(72)34(22-61)60-43(71)32(20-36(49)64)58-40(68)29(14-16-75-5)56-42(70)31(19-25-8-10-26(62)11-9-25)57-38(66)27(47)7-6-15-52-46(50)51/h8-11,23-24,27-34,61-62H,6-7,12-22,47H2,1-5H3,(H2,48,63)(H2,49,64)(H,53,67)(H,54,65)(H,55,72)(H,56,70)(H,57,66)(H,58,68)(H,59,69)(H,60,71)(H,73,74)(H4,50,51,52)/t27-,28-,29-,30-,31-,32-,33-,34-/m0/s1. The number of phenolic OH excluding ortho intramolecular Hbond substituents is 1. The van der Waals surface area contributed by atoms with Gasteiger partial charge in [-0.15, -0.1) is 0 Å². The van der Waals surface area contributed by atoms with E-state index in [4.69, 9.17) is 28.7 Å². The Morgan fingerprint density at radius 1 is 0.600 bits per heavy atom. The molecule has 28 nitrogen and oxygen atoms in total. The maximum Gasteiger partial charge on any atom is 0.326 e. The number of nitrogens with one attached hydrogen (secondary N) is 8. The lowest BCUT2D eigenvalue weighted by Crippen LogP contribution is -2.61. The Morgan fingerprint density at radius 3 is 1.63 bits per heavy atom. The molecule has 0 spiro atoms. The zero-order chi connectivity index (χ0) is 56.9. The monoisotopic (exact) mass is 1080 g/mol. The molecule has 75 heavy (non-hydrogen) atoms. The number of hydrogen-bond donors (Lipinski definition) is 16. The van der Waals surface area contributed by atoms with Gasteiger partial charge in [0.15, 0.2) is 5.96 Å². The number of carbonyl (C=O) groups is 11. The number of nitrogens with two attached hydrogens (primary N) is 5. The van der Waals surface area contributed by atoms with Crippen molar-refractivity contribution in [1.82, 2.24) is 42.5 Å². The normalized spacial score (nSPS) is 14.2. The molecule has 420 valence electrons. The van der Waals surface area contributed by atoms with E-state index in [9.17, 15) is 68.1 Å². The molecule has 0 saturated carbocycles. The van der Waals surface area contributed by atoms with E-state index in [-0.39, 0.29) is 67.9 Å². The van der Waals surface area contributed by atoms with E-state index in [1.807, 2.05) is 0 Å². The molecule has 0 aromatic heterocycles. The molecule has 8 atom stereocenters. The number of aliphatic carboxylic acids is 1. The second-order valence-corrected chi connectivity index (χ2v) is 19.4. The molecule has 0 fully saturated rings. The first kappa shape index (κ1) is 65.7. The van der Waals surface area contributed by atoms with Gasteiger partial charge in [-0.25, -0.2) is 4.79 Å². The molecule has 1 aromatic carbocycles. The summed E-state index contributed by atoms with van der Waals surface area (Å²) in [6, 6.07) is -5.90. The predicted molar refractivity (Wildman–Crippen MR) is 275 cm³/mol. The average molecular weight is 1080 g/mol. The third-order valence-corrected chi connectivity index (χ3v) is 11.5. The van der Waals surface area contributed by atoms with Crippen LogP contribution in [0.3, 0.4) is 0 Å². The van der Waals surface area contributed by atoms with E-state index in [0.29, 0.717) is 12.0 Å². The van der Waals surface area contributed by atoms with Crippen LogP contribution in [0.25, 0.3) is 0 Å². The molecule has 0 unspecified atom stereocenters. The van der Waals surface area contributed by atoms with Crippen molar-refractivity contribution >= 4 is 82.8 Å². The number of aliphatic hydroxyl groups is 1. The number of primary amides is 2. The van der Waals surface area contributed by atoms with E-state index < -0.39 is 146 Å². The van der Waals surface area contributed by atoms with Crippen molar-refractivity contribution in [2.75, 3.05) is 31.7 Å². The van der Waals surface area contributed by atoms with Gasteiger partial charge < -0.3 is 86.5 Å². The number of aliphatic hydroxyl groups excluding tert-OH is 1. The number of carbonyl (C=O) groups excluding carboxylic acids is 10. The highest BCUT2D eigenvalue weighted by molar-refractivity contribution is 7.98. The molecule has 10 amide bonds. The largest absolute Gasteiger partial charge is 0.508 e. The van der Waals surface area contributed by atoms with Gasteiger partial charge in [0.05, 0.1) is 25.6 Å². The van der Waals surface area contributed by atoms with Crippen LogP contribution in [-0.2, 0) is 59.2 Å². The summed E-state index contributed by atoms with van der Waals surface area (Å²) in [5, 5.41) is 48.7. The Kier molecular flexibility index (Phi) is 30.0. The Hall–Kier alpha value is -7.27. The highest BCUT2D eigenvalue weighted by Gasteiger charge is 2.34. The van der Waals surface area contributed by atoms with Crippen molar-refractivity contribution in [2.24, 2.45) is 45.5 Å². The zero-order valence-electron chi connectivity index (χ0n) is 42.8. The van der Waals surface area contributed by atoms with E-state index in [2.05, 4.69) is 47.5 Å². The molecule has 0 bridgehead atoms. The van der Waals surface area contributed by atoms with E-state index in [1.165, 1.54) is 36.0 Å². The van der Waals surface area contributed by atoms with E-state index >= 15 is 0 Å². The van der Waals surface area contributed by atoms with Gasteiger partial charge in [-0.05, 0) is 80.1 Å². The van der Waals surface area contributed by atoms with Gasteiger partial charge in [-0.2, -0.15) is 11.8 Å². The molecular formula is C46H76N14O14S. The summed E-state index contributed by atoms with van der Waals surface area (Å²) < 4.78 is 0. The van der Waals surface area contributed by atoms with Crippen molar-refractivity contribution in [3.05, 3.63) is 29.8 Å². The molecule has 0 heterocycles. The van der Waals surface area contributed by atoms with Crippen LogP contribution in [0.1, 0.15) is 84.6 Å². The van der Waals surface area contributed by atoms with Crippen LogP contribution < -0.4 is 71.2 Å². The van der Waals surface area contributed by atoms with Crippen LogP contribution in [0.15, 0.2) is 29.3 Å². The van der Waals surface area contributed by atoms with Crippen molar-refractivity contribution < 1.29 is 68.1 Å². The van der Waals surface area contributed by atoms with Gasteiger partial charge in [-0.1, -0.05) is 39.8 Å². The number of rotatable bonds is 36. The fourth-order valence-corrected chi connectivity index (χ4v) is 7.44. The van der Waals surface area contributed by atoms with E-state index in [0.717, 1.165) is 0 Å². The van der Waals surface area contributed by atoms with E-state index in [1.54, 1.807) is 34.0 Å². The number of benzene rings is 1. The quantitative estimate of drug-likeness (QED) is 0.0170. The van der Waals surface area contributed by atoms with Gasteiger partial charge in [-0.3, -0.25) is 52.9 Å². The molecule has 0 radical (unpaired) electrons. The van der Waals surface area contributed by atoms with Gasteiger partial charge in [0.1, 0.15) is 48.0 Å². The maximum absolute atomic E-state index is 13.9.